The van der Waals surface area contributed by atoms with Crippen LogP contribution < -0.4 is 10.0 Å². The predicted molar refractivity (Wildman–Crippen MR) is 106 cm³/mol. The second-order valence-electron chi connectivity index (χ2n) is 6.21. The molecule has 0 aliphatic carbocycles. The molecule has 0 heterocycles. The van der Waals surface area contributed by atoms with E-state index in [1.807, 2.05) is 58.9 Å². The van der Waals surface area contributed by atoms with Gasteiger partial charge in [-0.05, 0) is 74.8 Å². The van der Waals surface area contributed by atoms with E-state index in [1.54, 1.807) is 0 Å². The molecule has 0 amide bonds. The fourth-order valence-electron chi connectivity index (χ4n) is 2.97. The molecule has 0 saturated heterocycles. The molecule has 2 rings (SSSR count). The van der Waals surface area contributed by atoms with Crippen LogP contribution in [0.2, 0.25) is 0 Å². The highest BCUT2D eigenvalue weighted by atomic mass is 31.1. The van der Waals surface area contributed by atoms with Gasteiger partial charge in [0.15, 0.2) is 6.10 Å². The Morgan fingerprint density at radius 1 is 1.04 bits per heavy atom. The third-order valence-corrected chi connectivity index (χ3v) is 5.06. The van der Waals surface area contributed by atoms with Crippen molar-refractivity contribution in [3.8, 4) is 5.75 Å². The van der Waals surface area contributed by atoms with E-state index in [9.17, 15) is 4.79 Å². The highest BCUT2D eigenvalue weighted by molar-refractivity contribution is 7.41. The van der Waals surface area contributed by atoms with E-state index in [2.05, 4.69) is 12.1 Å². The zero-order valence-electron chi connectivity index (χ0n) is 15.7. The first-order chi connectivity index (χ1) is 12.0. The number of hydrogen-bond donors (Lipinski definition) is 0. The van der Waals surface area contributed by atoms with Crippen molar-refractivity contribution in [3.05, 3.63) is 58.7 Å². The van der Waals surface area contributed by atoms with E-state index in [0.717, 1.165) is 22.0 Å². The molecular weight excluding hydrogens is 331 g/mol. The van der Waals surface area contributed by atoms with Crippen LogP contribution in [-0.2, 0) is 4.52 Å². The monoisotopic (exact) mass is 358 g/mol. The van der Waals surface area contributed by atoms with E-state index in [-0.39, 0.29) is 5.78 Å². The van der Waals surface area contributed by atoms with Gasteiger partial charge in [0.1, 0.15) is 5.75 Å². The van der Waals surface area contributed by atoms with Gasteiger partial charge >= 0.3 is 0 Å². The van der Waals surface area contributed by atoms with Gasteiger partial charge < -0.3 is 9.26 Å². The number of hydrogen-bond acceptors (Lipinski definition) is 3. The van der Waals surface area contributed by atoms with E-state index >= 15 is 0 Å². The van der Waals surface area contributed by atoms with Crippen molar-refractivity contribution in [2.75, 3.05) is 6.61 Å². The number of benzene rings is 2. The smallest absolute Gasteiger partial charge is 0.203 e. The van der Waals surface area contributed by atoms with Gasteiger partial charge in [0.25, 0.3) is 0 Å². The quantitative estimate of drug-likeness (QED) is 0.497. The van der Waals surface area contributed by atoms with Crippen LogP contribution in [0.3, 0.4) is 0 Å². The molecule has 0 spiro atoms. The van der Waals surface area contributed by atoms with Gasteiger partial charge in [0, 0.05) is 21.0 Å². The predicted octanol–water partition coefficient (Wildman–Crippen LogP) is 4.91. The van der Waals surface area contributed by atoms with Crippen molar-refractivity contribution >= 4 is 19.9 Å². The summed E-state index contributed by atoms with van der Waals surface area (Å²) >= 11 is 0. The first-order valence-corrected chi connectivity index (χ1v) is 9.63. The number of aryl methyl sites for hydroxylation is 3. The minimum atomic E-state index is -0.472. The van der Waals surface area contributed by atoms with E-state index in [1.165, 1.54) is 5.56 Å². The van der Waals surface area contributed by atoms with Crippen molar-refractivity contribution in [2.24, 2.45) is 0 Å². The highest BCUT2D eigenvalue weighted by Crippen LogP contribution is 2.22. The summed E-state index contributed by atoms with van der Waals surface area (Å²) < 4.78 is 11.4. The molecule has 25 heavy (non-hydrogen) atoms. The topological polar surface area (TPSA) is 35.5 Å². The molecule has 0 aliphatic rings. The average Bonchev–Trinajstić information content (AvgIpc) is 2.57. The Morgan fingerprint density at radius 3 is 2.16 bits per heavy atom. The summed E-state index contributed by atoms with van der Waals surface area (Å²) in [5.41, 5.74) is 3.98. The van der Waals surface area contributed by atoms with Gasteiger partial charge in [-0.15, -0.1) is 0 Å². The fraction of sp³-hybridized carbons (Fsp3) is 0.381. The summed E-state index contributed by atoms with van der Waals surface area (Å²) in [4.78, 5) is 13.0. The minimum absolute atomic E-state index is 0.0535. The Labute approximate surface area is 152 Å². The van der Waals surface area contributed by atoms with Crippen LogP contribution in [0.15, 0.2) is 36.4 Å². The molecule has 2 unspecified atom stereocenters. The molecular formula is C21H27O3P. The maximum atomic E-state index is 13.0. The lowest BCUT2D eigenvalue weighted by Gasteiger charge is -2.19. The van der Waals surface area contributed by atoms with Crippen molar-refractivity contribution in [1.29, 1.82) is 0 Å². The first-order valence-electron chi connectivity index (χ1n) is 8.72. The second-order valence-corrected chi connectivity index (χ2v) is 7.28. The van der Waals surface area contributed by atoms with Crippen molar-refractivity contribution in [2.45, 2.75) is 47.1 Å². The normalized spacial score (nSPS) is 12.5. The molecule has 0 bridgehead atoms. The maximum absolute atomic E-state index is 13.0. The largest absolute Gasteiger partial charge is 0.482 e. The molecule has 2 atom stereocenters. The lowest BCUT2D eigenvalue weighted by molar-refractivity contribution is 0.0785. The van der Waals surface area contributed by atoms with E-state index in [4.69, 9.17) is 9.26 Å². The Bertz CT molecular complexity index is 699. The molecule has 0 radical (unpaired) electrons. The van der Waals surface area contributed by atoms with Crippen LogP contribution in [0.5, 0.6) is 5.75 Å². The average molecular weight is 358 g/mol. The summed E-state index contributed by atoms with van der Waals surface area (Å²) in [7, 11) is 0.343. The zero-order chi connectivity index (χ0) is 18.4. The van der Waals surface area contributed by atoms with E-state index < -0.39 is 6.10 Å². The summed E-state index contributed by atoms with van der Waals surface area (Å²) in [6.45, 7) is 10.7. The number of carbonyl (C=O) groups is 1. The van der Waals surface area contributed by atoms with Gasteiger partial charge in [-0.3, -0.25) is 4.79 Å². The molecule has 2 aromatic rings. The summed E-state index contributed by atoms with van der Waals surface area (Å²) in [6, 6.07) is 11.9. The minimum Gasteiger partial charge on any atom is -0.482 e. The molecule has 0 aromatic heterocycles. The molecule has 0 N–H and O–H groups in total. The maximum Gasteiger partial charge on any atom is 0.203 e. The lowest BCUT2D eigenvalue weighted by Crippen LogP contribution is -2.28. The fourth-order valence-corrected chi connectivity index (χ4v) is 3.59. The number of rotatable bonds is 8. The van der Waals surface area contributed by atoms with Crippen LogP contribution in [0.1, 0.15) is 47.3 Å². The van der Waals surface area contributed by atoms with Gasteiger partial charge in [-0.25, -0.2) is 0 Å². The number of Topliss-reactive ketones (excluding diaryl/α,β-unsaturated/α-hetero) is 1. The second kappa shape index (κ2) is 9.12. The third kappa shape index (κ3) is 5.14. The first kappa shape index (κ1) is 19.6. The summed E-state index contributed by atoms with van der Waals surface area (Å²) in [5.74, 6) is 0.769. The lowest BCUT2D eigenvalue weighted by atomic mass is 9.93. The zero-order valence-corrected chi connectivity index (χ0v) is 16.7. The van der Waals surface area contributed by atoms with Crippen LogP contribution in [0.25, 0.3) is 0 Å². The van der Waals surface area contributed by atoms with Gasteiger partial charge in [-0.1, -0.05) is 24.6 Å². The standard InChI is InChI=1S/C21H27O3P/c1-6-19(21(22)20-15(4)12-14(3)13-16(20)5)24-17-8-10-18(11-9-17)25-23-7-2/h8-13,19,25H,6-7H2,1-5H3. The number of carbonyl (C=O) groups excluding carboxylic acids is 1. The Kier molecular flexibility index (Phi) is 7.16. The summed E-state index contributed by atoms with van der Waals surface area (Å²) in [6.07, 6.45) is 0.161. The molecule has 4 heteroatoms. The van der Waals surface area contributed by atoms with Crippen LogP contribution in [-0.4, -0.2) is 18.5 Å². The molecule has 134 valence electrons. The van der Waals surface area contributed by atoms with Crippen LogP contribution in [0, 0.1) is 20.8 Å². The highest BCUT2D eigenvalue weighted by Gasteiger charge is 2.23. The van der Waals surface area contributed by atoms with Crippen LogP contribution >= 0.6 is 8.81 Å². The van der Waals surface area contributed by atoms with Crippen LogP contribution in [0.4, 0.5) is 0 Å². The Balaban J connectivity index is 2.15. The molecule has 0 aliphatic heterocycles. The van der Waals surface area contributed by atoms with Crippen molar-refractivity contribution in [1.82, 2.24) is 0 Å². The van der Waals surface area contributed by atoms with Gasteiger partial charge in [0.05, 0.1) is 0 Å². The number of ether oxygens (including phenoxy) is 1. The molecule has 2 aromatic carbocycles. The van der Waals surface area contributed by atoms with Crippen molar-refractivity contribution in [3.63, 3.8) is 0 Å². The third-order valence-electron chi connectivity index (χ3n) is 4.05. The SMILES string of the molecule is CCOPc1ccc(OC(CC)C(=O)c2c(C)cc(C)cc2C)cc1. The summed E-state index contributed by atoms with van der Waals surface area (Å²) in [5, 5.41) is 1.12. The van der Waals surface area contributed by atoms with Crippen molar-refractivity contribution < 1.29 is 14.1 Å². The Morgan fingerprint density at radius 2 is 1.64 bits per heavy atom. The Hall–Kier alpha value is -1.70. The van der Waals surface area contributed by atoms with Gasteiger partial charge in [0.2, 0.25) is 5.78 Å². The van der Waals surface area contributed by atoms with Gasteiger partial charge in [-0.2, -0.15) is 0 Å². The molecule has 0 saturated carbocycles. The molecule has 3 nitrogen and oxygen atoms in total. The van der Waals surface area contributed by atoms with E-state index in [0.29, 0.717) is 27.6 Å². The number of ketones is 1. The molecule has 0 fully saturated rings.